The summed E-state index contributed by atoms with van der Waals surface area (Å²) in [4.78, 5) is 14.9. The number of rotatable bonds is 5. The molecule has 0 aliphatic heterocycles. The van der Waals surface area contributed by atoms with Gasteiger partial charge in [-0.25, -0.2) is 15.0 Å². The molecule has 0 atom stereocenters. The third kappa shape index (κ3) is 5.22. The van der Waals surface area contributed by atoms with E-state index in [4.69, 9.17) is 19.4 Å². The molecular weight excluding hydrogens is 735 g/mol. The molecule has 4 nitrogen and oxygen atoms in total. The van der Waals surface area contributed by atoms with Crippen LogP contribution >= 0.6 is 22.7 Å². The smallest absolute Gasteiger partial charge is 0.164 e. The molecule has 0 aliphatic rings. The second-order valence-corrected chi connectivity index (χ2v) is 16.4. The van der Waals surface area contributed by atoms with Crippen molar-refractivity contribution in [1.82, 2.24) is 15.0 Å². The largest absolute Gasteiger partial charge is 0.455 e. The Balaban J connectivity index is 1.00. The number of para-hydroxylation sites is 2. The number of nitrogens with zero attached hydrogens (tertiary/aromatic N) is 3. The Morgan fingerprint density at radius 1 is 0.351 bits per heavy atom. The molecule has 0 bridgehead atoms. The van der Waals surface area contributed by atoms with Crippen molar-refractivity contribution < 1.29 is 4.42 Å². The van der Waals surface area contributed by atoms with Gasteiger partial charge in [0, 0.05) is 73.4 Å². The van der Waals surface area contributed by atoms with Gasteiger partial charge in [0.15, 0.2) is 17.5 Å². The first-order valence-electron chi connectivity index (χ1n) is 18.9. The number of aromatic nitrogens is 3. The molecule has 266 valence electrons. The maximum absolute atomic E-state index is 6.55. The van der Waals surface area contributed by atoms with E-state index in [0.29, 0.717) is 17.5 Å². The Hall–Kier alpha value is -6.99. The molecule has 0 aliphatic carbocycles. The van der Waals surface area contributed by atoms with Crippen LogP contribution in [0, 0.1) is 0 Å². The number of benzene rings is 8. The molecule has 0 fully saturated rings. The van der Waals surface area contributed by atoms with Crippen molar-refractivity contribution in [2.24, 2.45) is 0 Å². The van der Waals surface area contributed by atoms with E-state index in [-0.39, 0.29) is 0 Å². The van der Waals surface area contributed by atoms with Gasteiger partial charge in [0.05, 0.1) is 0 Å². The van der Waals surface area contributed by atoms with Crippen molar-refractivity contribution in [1.29, 1.82) is 0 Å². The molecule has 4 aromatic heterocycles. The van der Waals surface area contributed by atoms with Gasteiger partial charge in [0.2, 0.25) is 0 Å². The molecule has 0 N–H and O–H groups in total. The van der Waals surface area contributed by atoms with Gasteiger partial charge in [-0.1, -0.05) is 146 Å². The lowest BCUT2D eigenvalue weighted by atomic mass is 9.93. The second-order valence-electron chi connectivity index (χ2n) is 14.3. The lowest BCUT2D eigenvalue weighted by molar-refractivity contribution is 0.670. The topological polar surface area (TPSA) is 51.8 Å². The summed E-state index contributed by atoms with van der Waals surface area (Å²) in [7, 11) is 0. The van der Waals surface area contributed by atoms with Crippen LogP contribution in [0.25, 0.3) is 119 Å². The molecule has 0 saturated carbocycles. The van der Waals surface area contributed by atoms with E-state index in [1.54, 1.807) is 11.3 Å². The minimum atomic E-state index is 0.660. The van der Waals surface area contributed by atoms with Crippen LogP contribution in [0.4, 0.5) is 0 Å². The fourth-order valence-electron chi connectivity index (χ4n) is 8.26. The minimum Gasteiger partial charge on any atom is -0.455 e. The van der Waals surface area contributed by atoms with E-state index >= 15 is 0 Å². The Morgan fingerprint density at radius 3 is 1.77 bits per heavy atom. The highest BCUT2D eigenvalue weighted by Gasteiger charge is 2.20. The monoisotopic (exact) mass is 763 g/mol. The van der Waals surface area contributed by atoms with Gasteiger partial charge in [0.1, 0.15) is 11.2 Å². The van der Waals surface area contributed by atoms with Crippen LogP contribution in [-0.2, 0) is 0 Å². The van der Waals surface area contributed by atoms with E-state index < -0.39 is 0 Å². The van der Waals surface area contributed by atoms with Crippen molar-refractivity contribution in [3.05, 3.63) is 176 Å². The summed E-state index contributed by atoms with van der Waals surface area (Å²) in [6.45, 7) is 0. The Morgan fingerprint density at radius 2 is 0.982 bits per heavy atom. The molecule has 0 saturated heterocycles. The highest BCUT2D eigenvalue weighted by Crippen LogP contribution is 2.48. The van der Waals surface area contributed by atoms with E-state index in [0.717, 1.165) is 44.2 Å². The number of furan rings is 1. The maximum atomic E-state index is 6.55. The van der Waals surface area contributed by atoms with Crippen molar-refractivity contribution in [3.63, 3.8) is 0 Å². The minimum absolute atomic E-state index is 0.660. The Kier molecular flexibility index (Phi) is 7.24. The third-order valence-corrected chi connectivity index (χ3v) is 13.3. The molecule has 0 spiro atoms. The first-order valence-corrected chi connectivity index (χ1v) is 20.6. The summed E-state index contributed by atoms with van der Waals surface area (Å²) in [6, 6.07) is 62.0. The lowest BCUT2D eigenvalue weighted by Gasteiger charge is -2.10. The summed E-state index contributed by atoms with van der Waals surface area (Å²) in [5.41, 5.74) is 9.46. The Labute approximate surface area is 335 Å². The summed E-state index contributed by atoms with van der Waals surface area (Å²) < 4.78 is 11.6. The number of fused-ring (bicyclic) bond motifs is 9. The molecule has 4 heterocycles. The van der Waals surface area contributed by atoms with Crippen LogP contribution in [0.5, 0.6) is 0 Å². The van der Waals surface area contributed by atoms with Crippen molar-refractivity contribution in [2.45, 2.75) is 0 Å². The molecule has 12 aromatic rings. The zero-order valence-corrected chi connectivity index (χ0v) is 31.9. The fraction of sp³-hybridized carbons (Fsp3) is 0. The van der Waals surface area contributed by atoms with Gasteiger partial charge in [-0.3, -0.25) is 0 Å². The summed E-state index contributed by atoms with van der Waals surface area (Å²) >= 11 is 3.67. The molecule has 0 amide bonds. The number of hydrogen-bond donors (Lipinski definition) is 0. The predicted octanol–water partition coefficient (Wildman–Crippen LogP) is 14.8. The predicted molar refractivity (Wildman–Crippen MR) is 240 cm³/mol. The first-order chi connectivity index (χ1) is 28.2. The van der Waals surface area contributed by atoms with Crippen LogP contribution < -0.4 is 0 Å². The van der Waals surface area contributed by atoms with Crippen LogP contribution in [0.1, 0.15) is 0 Å². The van der Waals surface area contributed by atoms with Gasteiger partial charge in [-0.15, -0.1) is 22.7 Å². The highest BCUT2D eigenvalue weighted by molar-refractivity contribution is 7.26. The molecule has 0 radical (unpaired) electrons. The third-order valence-electron chi connectivity index (χ3n) is 11.0. The summed E-state index contributed by atoms with van der Waals surface area (Å²) in [5, 5.41) is 7.28. The highest BCUT2D eigenvalue weighted by atomic mass is 32.1. The van der Waals surface area contributed by atoms with E-state index in [2.05, 4.69) is 109 Å². The second kappa shape index (κ2) is 12.8. The van der Waals surface area contributed by atoms with Gasteiger partial charge in [0.25, 0.3) is 0 Å². The quantitative estimate of drug-likeness (QED) is 0.175. The van der Waals surface area contributed by atoms with Crippen molar-refractivity contribution >= 4 is 85.0 Å². The van der Waals surface area contributed by atoms with Crippen LogP contribution in [0.3, 0.4) is 0 Å². The zero-order valence-electron chi connectivity index (χ0n) is 30.3. The fourth-order valence-corrected chi connectivity index (χ4v) is 10.7. The number of thiophene rings is 2. The lowest BCUT2D eigenvalue weighted by Crippen LogP contribution is -1.99. The van der Waals surface area contributed by atoms with Crippen molar-refractivity contribution in [3.8, 4) is 56.4 Å². The molecule has 0 unspecified atom stereocenters. The average molecular weight is 764 g/mol. The van der Waals surface area contributed by atoms with Crippen molar-refractivity contribution in [2.75, 3.05) is 0 Å². The van der Waals surface area contributed by atoms with Gasteiger partial charge in [-0.2, -0.15) is 0 Å². The molecule has 6 heteroatoms. The van der Waals surface area contributed by atoms with E-state index in [1.165, 1.54) is 57.0 Å². The standard InChI is InChI=1S/C51H29N3OS2/c1-3-12-30(13-4-1)49-52-50(31-14-5-2-6-15-31)54-51(53-49)33-22-24-36-41-28-32(23-27-44(41)56-45(36)29-33)34-25-26-37(46-40-17-8-10-21-43(40)57-48(34)46)39-19-11-18-38-35-16-7-9-20-42(35)55-47(38)39/h1-29H. The molecule has 8 aromatic carbocycles. The zero-order chi connectivity index (χ0) is 37.5. The van der Waals surface area contributed by atoms with Gasteiger partial charge in [-0.05, 0) is 47.0 Å². The molecular formula is C51H29N3OS2. The normalized spacial score (nSPS) is 11.9. The SMILES string of the molecule is c1ccc(-c2nc(-c3ccccc3)nc(-c3ccc4c(c3)sc3ccc(-c5ccc(-c6cccc7c6oc6ccccc67)c6c5sc5ccccc56)cc34)n2)cc1. The van der Waals surface area contributed by atoms with Crippen LogP contribution in [0.2, 0.25) is 0 Å². The van der Waals surface area contributed by atoms with E-state index in [1.807, 2.05) is 78.1 Å². The average Bonchev–Trinajstić information content (AvgIpc) is 3.98. The van der Waals surface area contributed by atoms with Gasteiger partial charge < -0.3 is 4.42 Å². The Bertz CT molecular complexity index is 3470. The maximum Gasteiger partial charge on any atom is 0.164 e. The molecule has 57 heavy (non-hydrogen) atoms. The van der Waals surface area contributed by atoms with Gasteiger partial charge >= 0.3 is 0 Å². The van der Waals surface area contributed by atoms with E-state index in [9.17, 15) is 0 Å². The summed E-state index contributed by atoms with van der Waals surface area (Å²) in [5.74, 6) is 1.98. The van der Waals surface area contributed by atoms with Crippen LogP contribution in [-0.4, -0.2) is 15.0 Å². The number of hydrogen-bond acceptors (Lipinski definition) is 6. The summed E-state index contributed by atoms with van der Waals surface area (Å²) in [6.07, 6.45) is 0. The molecule has 12 rings (SSSR count). The van der Waals surface area contributed by atoms with Crippen LogP contribution in [0.15, 0.2) is 180 Å². The first kappa shape index (κ1) is 32.3.